The maximum Gasteiger partial charge on any atom is 0.225 e. The molecule has 0 unspecified atom stereocenters. The van der Waals surface area contributed by atoms with E-state index in [9.17, 15) is 4.79 Å². The van der Waals surface area contributed by atoms with Gasteiger partial charge in [-0.25, -0.2) is 0 Å². The number of ether oxygens (including phenoxy) is 2. The van der Waals surface area contributed by atoms with E-state index in [1.807, 2.05) is 12.3 Å². The predicted octanol–water partition coefficient (Wildman–Crippen LogP) is 4.75. The van der Waals surface area contributed by atoms with Crippen molar-refractivity contribution in [2.45, 2.75) is 31.5 Å². The summed E-state index contributed by atoms with van der Waals surface area (Å²) in [7, 11) is 0. The van der Waals surface area contributed by atoms with Crippen LogP contribution in [0, 0.1) is 11.8 Å². The van der Waals surface area contributed by atoms with Crippen LogP contribution in [0.5, 0.6) is 0 Å². The topological polar surface area (TPSA) is 51.7 Å². The lowest BCUT2D eigenvalue weighted by Crippen LogP contribution is -2.46. The van der Waals surface area contributed by atoms with Crippen molar-refractivity contribution in [3.05, 3.63) is 66.4 Å². The first-order valence-electron chi connectivity index (χ1n) is 11.8. The fraction of sp³-hybridized carbons (Fsp3) is 0.407. The van der Waals surface area contributed by atoms with Crippen LogP contribution in [0.15, 0.2) is 60.8 Å². The van der Waals surface area contributed by atoms with Crippen molar-refractivity contribution in [1.29, 1.82) is 0 Å². The van der Waals surface area contributed by atoms with Gasteiger partial charge in [-0.3, -0.25) is 9.78 Å². The zero-order valence-electron chi connectivity index (χ0n) is 18.2. The second kappa shape index (κ2) is 7.98. The average Bonchev–Trinajstić information content (AvgIpc) is 3.59. The molecule has 2 saturated heterocycles. The number of aromatic nitrogens is 1. The van der Waals surface area contributed by atoms with E-state index in [4.69, 9.17) is 9.47 Å². The van der Waals surface area contributed by atoms with Crippen molar-refractivity contribution in [2.24, 2.45) is 11.8 Å². The molecule has 2 aromatic carbocycles. The smallest absolute Gasteiger partial charge is 0.225 e. The van der Waals surface area contributed by atoms with Gasteiger partial charge in [-0.05, 0) is 55.0 Å². The zero-order valence-corrected chi connectivity index (χ0v) is 18.2. The van der Waals surface area contributed by atoms with Crippen LogP contribution in [0.25, 0.3) is 22.0 Å². The van der Waals surface area contributed by atoms with E-state index in [0.29, 0.717) is 19.1 Å². The number of amides is 1. The molecule has 0 atom stereocenters. The number of carbonyl (C=O) groups excluding carboxylic acids is 1. The first kappa shape index (κ1) is 19.9. The Hall–Kier alpha value is -2.76. The van der Waals surface area contributed by atoms with E-state index in [1.165, 1.54) is 5.56 Å². The molecular formula is C27H28N2O3. The van der Waals surface area contributed by atoms with Gasteiger partial charge >= 0.3 is 0 Å². The highest BCUT2D eigenvalue weighted by Gasteiger charge is 2.48. The maximum absolute atomic E-state index is 12.5. The summed E-state index contributed by atoms with van der Waals surface area (Å²) in [6, 6.07) is 19.0. The second-order valence-electron chi connectivity index (χ2n) is 9.23. The molecule has 164 valence electrons. The van der Waals surface area contributed by atoms with Crippen molar-refractivity contribution in [1.82, 2.24) is 9.88 Å². The molecule has 5 nitrogen and oxygen atoms in total. The van der Waals surface area contributed by atoms with E-state index in [1.54, 1.807) is 0 Å². The van der Waals surface area contributed by atoms with Gasteiger partial charge in [0.25, 0.3) is 0 Å². The minimum atomic E-state index is -0.694. The van der Waals surface area contributed by atoms with Gasteiger partial charge in [-0.15, -0.1) is 0 Å². The Balaban J connectivity index is 1.23. The number of likely N-dealkylation sites (tertiary alicyclic amines) is 1. The van der Waals surface area contributed by atoms with Crippen molar-refractivity contribution < 1.29 is 14.3 Å². The predicted molar refractivity (Wildman–Crippen MR) is 123 cm³/mol. The minimum Gasteiger partial charge on any atom is -0.343 e. The van der Waals surface area contributed by atoms with Gasteiger partial charge < -0.3 is 14.4 Å². The molecule has 2 aliphatic heterocycles. The lowest BCUT2D eigenvalue weighted by atomic mass is 9.83. The normalized spacial score (nSPS) is 21.2. The summed E-state index contributed by atoms with van der Waals surface area (Å²) >= 11 is 0. The molecule has 1 saturated carbocycles. The van der Waals surface area contributed by atoms with Crippen LogP contribution in [-0.2, 0) is 20.1 Å². The molecule has 3 heterocycles. The third kappa shape index (κ3) is 3.50. The van der Waals surface area contributed by atoms with Crippen LogP contribution >= 0.6 is 0 Å². The van der Waals surface area contributed by atoms with Crippen LogP contribution in [-0.4, -0.2) is 42.1 Å². The first-order chi connectivity index (χ1) is 15.7. The van der Waals surface area contributed by atoms with Crippen LogP contribution in [0.3, 0.4) is 0 Å². The molecule has 32 heavy (non-hydrogen) atoms. The molecule has 0 spiro atoms. The quantitative estimate of drug-likeness (QED) is 0.602. The Labute approximate surface area is 188 Å². The van der Waals surface area contributed by atoms with Crippen LogP contribution in [0.4, 0.5) is 0 Å². The summed E-state index contributed by atoms with van der Waals surface area (Å²) < 4.78 is 12.6. The summed E-state index contributed by atoms with van der Waals surface area (Å²) in [5.74, 6) is 0.199. The van der Waals surface area contributed by atoms with Crippen LogP contribution < -0.4 is 0 Å². The van der Waals surface area contributed by atoms with Crippen molar-refractivity contribution in [3.63, 3.8) is 0 Å². The van der Waals surface area contributed by atoms with Crippen molar-refractivity contribution in [2.75, 3.05) is 26.3 Å². The Morgan fingerprint density at radius 3 is 2.34 bits per heavy atom. The zero-order chi connectivity index (χ0) is 21.5. The fourth-order valence-corrected chi connectivity index (χ4v) is 5.28. The summed E-state index contributed by atoms with van der Waals surface area (Å²) in [4.78, 5) is 18.9. The molecule has 1 aliphatic carbocycles. The van der Waals surface area contributed by atoms with Gasteiger partial charge in [-0.2, -0.15) is 0 Å². The highest BCUT2D eigenvalue weighted by molar-refractivity contribution is 5.84. The number of rotatable bonds is 4. The lowest BCUT2D eigenvalue weighted by molar-refractivity contribution is -0.214. The molecule has 1 amide bonds. The second-order valence-corrected chi connectivity index (χ2v) is 9.23. The third-order valence-electron chi connectivity index (χ3n) is 7.21. The molecule has 0 N–H and O–H groups in total. The van der Waals surface area contributed by atoms with Crippen molar-refractivity contribution >= 4 is 16.8 Å². The average molecular weight is 429 g/mol. The van der Waals surface area contributed by atoms with Crippen molar-refractivity contribution in [3.8, 4) is 11.1 Å². The Kier molecular flexibility index (Phi) is 4.96. The number of piperidine rings is 1. The first-order valence-corrected chi connectivity index (χ1v) is 11.8. The molecule has 0 radical (unpaired) electrons. The molecule has 1 aromatic heterocycles. The highest BCUT2D eigenvalue weighted by Crippen LogP contribution is 2.44. The minimum absolute atomic E-state index is 0.255. The number of fused-ring (bicyclic) bond motifs is 1. The Bertz CT molecular complexity index is 1130. The van der Waals surface area contributed by atoms with E-state index in [0.717, 1.165) is 60.8 Å². The number of hydrogen-bond acceptors (Lipinski definition) is 4. The lowest BCUT2D eigenvalue weighted by Gasteiger charge is -2.41. The van der Waals surface area contributed by atoms with Crippen LogP contribution in [0.1, 0.15) is 31.2 Å². The number of carbonyl (C=O) groups is 1. The molecule has 3 aromatic rings. The molecular weight excluding hydrogens is 400 g/mol. The van der Waals surface area contributed by atoms with Gasteiger partial charge in [0.1, 0.15) is 0 Å². The van der Waals surface area contributed by atoms with Gasteiger partial charge in [-0.1, -0.05) is 36.4 Å². The number of hydrogen-bond donors (Lipinski definition) is 0. The van der Waals surface area contributed by atoms with Gasteiger partial charge in [0.15, 0.2) is 5.79 Å². The standard InChI is InChI=1S/C27H28N2O3/c30-26(20-3-4-20)29-14-11-24(12-15-29)27(31-16-17-32-27)23-8-5-19(6-9-23)21-7-10-25-22(18-21)2-1-13-28-25/h1-2,5-10,13,18,20,24H,3-4,11-12,14-17H2. The van der Waals surface area contributed by atoms with E-state index < -0.39 is 5.79 Å². The maximum atomic E-state index is 12.5. The molecule has 5 heteroatoms. The van der Waals surface area contributed by atoms with E-state index >= 15 is 0 Å². The van der Waals surface area contributed by atoms with E-state index in [2.05, 4.69) is 58.4 Å². The highest BCUT2D eigenvalue weighted by atomic mass is 16.7. The van der Waals surface area contributed by atoms with Gasteiger partial charge in [0, 0.05) is 42.1 Å². The third-order valence-corrected chi connectivity index (χ3v) is 7.21. The number of nitrogens with zero attached hydrogens (tertiary/aromatic N) is 2. The molecule has 3 aliphatic rings. The number of pyridine rings is 1. The number of benzene rings is 2. The van der Waals surface area contributed by atoms with E-state index in [-0.39, 0.29) is 11.8 Å². The fourth-order valence-electron chi connectivity index (χ4n) is 5.28. The summed E-state index contributed by atoms with van der Waals surface area (Å²) in [5, 5.41) is 1.14. The van der Waals surface area contributed by atoms with Gasteiger partial charge in [0.05, 0.1) is 18.7 Å². The SMILES string of the molecule is O=C(C1CC1)N1CCC(C2(c3ccc(-c4ccc5ncccc5c4)cc3)OCCO2)CC1. The Morgan fingerprint density at radius 2 is 1.62 bits per heavy atom. The summed E-state index contributed by atoms with van der Waals surface area (Å²) in [5.41, 5.74) is 4.42. The summed E-state index contributed by atoms with van der Waals surface area (Å²) in [6.07, 6.45) is 5.78. The Morgan fingerprint density at radius 1 is 0.906 bits per heavy atom. The monoisotopic (exact) mass is 428 g/mol. The largest absolute Gasteiger partial charge is 0.343 e. The van der Waals surface area contributed by atoms with Crippen LogP contribution in [0.2, 0.25) is 0 Å². The van der Waals surface area contributed by atoms with Gasteiger partial charge in [0.2, 0.25) is 5.91 Å². The molecule has 0 bridgehead atoms. The summed E-state index contributed by atoms with van der Waals surface area (Å²) in [6.45, 7) is 2.83. The molecule has 3 fully saturated rings. The molecule has 6 rings (SSSR count).